The van der Waals surface area contributed by atoms with Crippen LogP contribution in [0.5, 0.6) is 0 Å². The second kappa shape index (κ2) is 7.16. The van der Waals surface area contributed by atoms with E-state index in [-0.39, 0.29) is 5.92 Å². The van der Waals surface area contributed by atoms with Crippen LogP contribution >= 0.6 is 0 Å². The average Bonchev–Trinajstić information content (AvgIpc) is 3.05. The summed E-state index contributed by atoms with van der Waals surface area (Å²) in [7, 11) is 0. The van der Waals surface area contributed by atoms with E-state index in [1.807, 2.05) is 12.4 Å². The van der Waals surface area contributed by atoms with Crippen LogP contribution in [0.1, 0.15) is 32.6 Å². The van der Waals surface area contributed by atoms with Crippen LogP contribution < -0.4 is 0 Å². The molecule has 0 spiro atoms. The molecule has 0 bridgehead atoms. The molecule has 2 fully saturated rings. The van der Waals surface area contributed by atoms with E-state index >= 15 is 0 Å². The van der Waals surface area contributed by atoms with Gasteiger partial charge in [0.2, 0.25) is 5.91 Å². The Morgan fingerprint density at radius 2 is 1.96 bits per heavy atom. The van der Waals surface area contributed by atoms with Crippen molar-refractivity contribution >= 4 is 16.9 Å². The van der Waals surface area contributed by atoms with E-state index in [1.54, 1.807) is 0 Å². The predicted molar refractivity (Wildman–Crippen MR) is 99.0 cm³/mol. The first kappa shape index (κ1) is 16.6. The number of likely N-dealkylation sites (tertiary alicyclic amines) is 2. The summed E-state index contributed by atoms with van der Waals surface area (Å²) >= 11 is 0. The van der Waals surface area contributed by atoms with Crippen molar-refractivity contribution in [1.82, 2.24) is 19.4 Å². The van der Waals surface area contributed by atoms with Gasteiger partial charge in [-0.3, -0.25) is 9.69 Å². The smallest absolute Gasteiger partial charge is 0.225 e. The van der Waals surface area contributed by atoms with Crippen molar-refractivity contribution in [2.45, 2.75) is 39.3 Å². The fourth-order valence-electron chi connectivity index (χ4n) is 4.31. The number of amides is 1. The topological polar surface area (TPSA) is 41.4 Å². The van der Waals surface area contributed by atoms with Gasteiger partial charge >= 0.3 is 0 Å². The summed E-state index contributed by atoms with van der Waals surface area (Å²) < 4.78 is 2.21. The van der Waals surface area contributed by atoms with Gasteiger partial charge in [-0.25, -0.2) is 4.98 Å². The number of aromatic nitrogens is 2. The van der Waals surface area contributed by atoms with Crippen LogP contribution in [0.2, 0.25) is 0 Å². The number of rotatable bonds is 3. The summed E-state index contributed by atoms with van der Waals surface area (Å²) in [6, 6.07) is 8.26. The molecule has 1 amide bonds. The molecule has 3 heterocycles. The van der Waals surface area contributed by atoms with Crippen molar-refractivity contribution in [3.05, 3.63) is 30.6 Å². The van der Waals surface area contributed by atoms with E-state index in [2.05, 4.69) is 44.5 Å². The second-order valence-corrected chi connectivity index (χ2v) is 7.77. The third-order valence-electron chi connectivity index (χ3n) is 5.79. The molecule has 0 aliphatic carbocycles. The van der Waals surface area contributed by atoms with Gasteiger partial charge in [-0.2, -0.15) is 0 Å². The summed E-state index contributed by atoms with van der Waals surface area (Å²) in [5.74, 6) is 1.28. The summed E-state index contributed by atoms with van der Waals surface area (Å²) in [5.41, 5.74) is 2.23. The first-order chi connectivity index (χ1) is 12.2. The summed E-state index contributed by atoms with van der Waals surface area (Å²) in [6.07, 6.45) is 6.32. The minimum absolute atomic E-state index is 0.223. The van der Waals surface area contributed by atoms with Gasteiger partial charge in [0, 0.05) is 32.1 Å². The summed E-state index contributed by atoms with van der Waals surface area (Å²) in [4.78, 5) is 21.8. The molecule has 2 saturated heterocycles. The zero-order valence-electron chi connectivity index (χ0n) is 15.1. The Balaban J connectivity index is 1.33. The molecule has 25 heavy (non-hydrogen) atoms. The molecule has 0 radical (unpaired) electrons. The van der Waals surface area contributed by atoms with Crippen molar-refractivity contribution in [3.63, 3.8) is 0 Å². The van der Waals surface area contributed by atoms with Crippen LogP contribution in [-0.2, 0) is 11.5 Å². The predicted octanol–water partition coefficient (Wildman–Crippen LogP) is 2.96. The Morgan fingerprint density at radius 1 is 1.16 bits per heavy atom. The molecule has 2 aromatic rings. The third kappa shape index (κ3) is 3.56. The number of hydrogen-bond donors (Lipinski definition) is 0. The minimum atomic E-state index is 0.223. The summed E-state index contributed by atoms with van der Waals surface area (Å²) in [5, 5.41) is 0. The lowest BCUT2D eigenvalue weighted by Gasteiger charge is -2.37. The van der Waals surface area contributed by atoms with Gasteiger partial charge in [-0.05, 0) is 43.7 Å². The lowest BCUT2D eigenvalue weighted by molar-refractivity contribution is -0.139. The van der Waals surface area contributed by atoms with Crippen LogP contribution in [0.15, 0.2) is 30.6 Å². The lowest BCUT2D eigenvalue weighted by Crippen LogP contribution is -2.46. The van der Waals surface area contributed by atoms with Crippen LogP contribution in [-0.4, -0.2) is 51.4 Å². The highest BCUT2D eigenvalue weighted by atomic mass is 16.2. The highest BCUT2D eigenvalue weighted by Crippen LogP contribution is 2.24. The molecule has 1 aromatic carbocycles. The van der Waals surface area contributed by atoms with Crippen molar-refractivity contribution < 1.29 is 4.79 Å². The molecular weight excluding hydrogens is 312 g/mol. The quantitative estimate of drug-likeness (QED) is 0.862. The maximum absolute atomic E-state index is 12.8. The number of carbonyl (C=O) groups is 1. The monoisotopic (exact) mass is 340 g/mol. The van der Waals surface area contributed by atoms with Gasteiger partial charge in [-0.15, -0.1) is 0 Å². The van der Waals surface area contributed by atoms with E-state index in [1.165, 1.54) is 18.4 Å². The van der Waals surface area contributed by atoms with E-state index < -0.39 is 0 Å². The van der Waals surface area contributed by atoms with Crippen LogP contribution in [0.3, 0.4) is 0 Å². The third-order valence-corrected chi connectivity index (χ3v) is 5.79. The highest BCUT2D eigenvalue weighted by molar-refractivity contribution is 5.79. The zero-order chi connectivity index (χ0) is 17.2. The Bertz CT molecular complexity index is 732. The fraction of sp³-hybridized carbons (Fsp3) is 0.600. The van der Waals surface area contributed by atoms with Gasteiger partial charge in [0.25, 0.3) is 0 Å². The number of imidazole rings is 1. The van der Waals surface area contributed by atoms with E-state index in [0.29, 0.717) is 11.8 Å². The minimum Gasteiger partial charge on any atom is -0.342 e. The van der Waals surface area contributed by atoms with Gasteiger partial charge in [0.05, 0.1) is 24.0 Å². The van der Waals surface area contributed by atoms with E-state index in [9.17, 15) is 4.79 Å². The lowest BCUT2D eigenvalue weighted by atomic mass is 9.93. The largest absolute Gasteiger partial charge is 0.342 e. The molecule has 134 valence electrons. The normalized spacial score (nSPS) is 23.2. The van der Waals surface area contributed by atoms with Gasteiger partial charge < -0.3 is 9.47 Å². The SMILES string of the molecule is CC1CCCN(C(=O)C2CCN(Cn3cnc4ccccc43)CC2)C1. The number of benzene rings is 1. The molecule has 1 aromatic heterocycles. The van der Waals surface area contributed by atoms with Crippen LogP contribution in [0.25, 0.3) is 11.0 Å². The molecule has 0 saturated carbocycles. The van der Waals surface area contributed by atoms with E-state index in [4.69, 9.17) is 0 Å². The Labute approximate surface area is 149 Å². The number of fused-ring (bicyclic) bond motifs is 1. The molecule has 4 rings (SSSR count). The maximum atomic E-state index is 12.8. The molecule has 5 heteroatoms. The molecule has 2 aliphatic heterocycles. The van der Waals surface area contributed by atoms with Gasteiger partial charge in [-0.1, -0.05) is 19.1 Å². The van der Waals surface area contributed by atoms with Crippen molar-refractivity contribution in [2.24, 2.45) is 11.8 Å². The first-order valence-corrected chi connectivity index (χ1v) is 9.62. The van der Waals surface area contributed by atoms with Crippen molar-refractivity contribution in [3.8, 4) is 0 Å². The van der Waals surface area contributed by atoms with Gasteiger partial charge in [0.1, 0.15) is 0 Å². The molecule has 1 atom stereocenters. The number of hydrogen-bond acceptors (Lipinski definition) is 3. The molecule has 2 aliphatic rings. The molecule has 0 N–H and O–H groups in total. The van der Waals surface area contributed by atoms with Crippen LogP contribution in [0, 0.1) is 11.8 Å². The number of para-hydroxylation sites is 2. The maximum Gasteiger partial charge on any atom is 0.225 e. The van der Waals surface area contributed by atoms with E-state index in [0.717, 1.165) is 51.2 Å². The van der Waals surface area contributed by atoms with Crippen molar-refractivity contribution in [1.29, 1.82) is 0 Å². The molecule has 5 nitrogen and oxygen atoms in total. The Hall–Kier alpha value is -1.88. The van der Waals surface area contributed by atoms with Crippen molar-refractivity contribution in [2.75, 3.05) is 26.2 Å². The summed E-state index contributed by atoms with van der Waals surface area (Å²) in [6.45, 7) is 7.03. The van der Waals surface area contributed by atoms with Gasteiger partial charge in [0.15, 0.2) is 0 Å². The van der Waals surface area contributed by atoms with Crippen LogP contribution in [0.4, 0.5) is 0 Å². The first-order valence-electron chi connectivity index (χ1n) is 9.62. The molecular formula is C20H28N4O. The second-order valence-electron chi connectivity index (χ2n) is 7.77. The Morgan fingerprint density at radius 3 is 2.76 bits per heavy atom. The standard InChI is InChI=1S/C20H28N4O/c1-16-5-4-10-23(13-16)20(25)17-8-11-22(12-9-17)15-24-14-21-18-6-2-3-7-19(18)24/h2-3,6-7,14,16-17H,4-5,8-13,15H2,1H3. The fourth-order valence-corrected chi connectivity index (χ4v) is 4.31. The average molecular weight is 340 g/mol. The number of carbonyl (C=O) groups excluding carboxylic acids is 1. The Kier molecular flexibility index (Phi) is 4.75. The number of piperidine rings is 2. The molecule has 1 unspecified atom stereocenters. The number of nitrogens with zero attached hydrogens (tertiary/aromatic N) is 4. The zero-order valence-corrected chi connectivity index (χ0v) is 15.1. The highest BCUT2D eigenvalue weighted by Gasteiger charge is 2.30.